The summed E-state index contributed by atoms with van der Waals surface area (Å²) in [6.07, 6.45) is 3.41. The normalized spacial score (nSPS) is 8.20. The number of carbonyl (C=O) groups excluding carboxylic acids is 1. The zero-order chi connectivity index (χ0) is 14.2. The minimum atomic E-state index is -0.305. The Morgan fingerprint density at radius 1 is 0.880 bits per heavy atom. The second-order valence-corrected chi connectivity index (χ2v) is 5.37. The molecule has 0 saturated heterocycles. The van der Waals surface area contributed by atoms with Crippen LogP contribution in [0.4, 0.5) is 23.5 Å². The molecule has 0 spiro atoms. The molecule has 0 aliphatic carbocycles. The van der Waals surface area contributed by atoms with E-state index in [1.807, 2.05) is 54.6 Å². The van der Waals surface area contributed by atoms with E-state index >= 15 is 0 Å². The van der Waals surface area contributed by atoms with Crippen LogP contribution in [0.5, 0.6) is 0 Å². The Bertz CT molecular complexity index is 553. The molecule has 0 fully saturated rings. The van der Waals surface area contributed by atoms with Gasteiger partial charge in [-0.05, 0) is 42.7 Å². The Morgan fingerprint density at radius 3 is 1.96 bits per heavy atom. The van der Waals surface area contributed by atoms with Crippen LogP contribution in [-0.4, -0.2) is 5.97 Å². The van der Waals surface area contributed by atoms with Crippen molar-refractivity contribution in [2.45, 2.75) is 31.1 Å². The Morgan fingerprint density at radius 2 is 1.44 bits per heavy atom. The van der Waals surface area contributed by atoms with Crippen molar-refractivity contribution >= 4 is 18.0 Å². The maximum atomic E-state index is 11.9. The lowest BCUT2D eigenvalue weighted by molar-refractivity contribution is 0.0768. The maximum absolute atomic E-state index is 11.9. The van der Waals surface area contributed by atoms with Crippen molar-refractivity contribution in [1.82, 2.24) is 0 Å². The molecule has 2 aromatic carbocycles. The van der Waals surface area contributed by atoms with Crippen molar-refractivity contribution in [2.24, 2.45) is 0 Å². The van der Waals surface area contributed by atoms with Gasteiger partial charge in [-0.15, -0.1) is 0 Å². The van der Waals surface area contributed by atoms with Gasteiger partial charge in [-0.3, -0.25) is 23.5 Å². The minimum absolute atomic E-state index is 0. The minimum Gasteiger partial charge on any atom is -0.382 e. The Balaban J connectivity index is -0.000000441. The van der Waals surface area contributed by atoms with Crippen molar-refractivity contribution in [2.75, 3.05) is 0 Å². The molecule has 8 heteroatoms. The van der Waals surface area contributed by atoms with Gasteiger partial charge in [0.25, 0.3) is 0 Å². The third-order valence-electron chi connectivity index (χ3n) is 2.97. The number of hydrogen-bond donors (Lipinski definition) is 0. The lowest BCUT2D eigenvalue weighted by Gasteiger charge is -2.04. The molecule has 0 aliphatic heterocycles. The van der Waals surface area contributed by atoms with Gasteiger partial charge in [-0.25, -0.2) is 4.79 Å². The second kappa shape index (κ2) is 16.8. The number of unbranched alkanes of at least 4 members (excludes halogenated alkanes) is 1. The zero-order valence-corrected chi connectivity index (χ0v) is 14.4. The van der Waals surface area contributed by atoms with Crippen LogP contribution < -0.4 is 0 Å². The Labute approximate surface area is 148 Å². The van der Waals surface area contributed by atoms with Crippen LogP contribution in [-0.2, 0) is 10.6 Å². The summed E-state index contributed by atoms with van der Waals surface area (Å²) in [5.74, 6) is -0.305. The molecule has 0 atom stereocenters. The molecule has 25 heavy (non-hydrogen) atoms. The van der Waals surface area contributed by atoms with Gasteiger partial charge in [0, 0.05) is 4.90 Å². The quantitative estimate of drug-likeness (QED) is 0.474. The summed E-state index contributed by atoms with van der Waals surface area (Å²) in [5, 5.41) is 0. The molecule has 2 aromatic rings. The summed E-state index contributed by atoms with van der Waals surface area (Å²) in [6.45, 7) is 2.17. The molecule has 2 nitrogen and oxygen atoms in total. The van der Waals surface area contributed by atoms with Gasteiger partial charge in [0.2, 0.25) is 0 Å². The molecule has 0 N–H and O–H groups in total. The molecule has 0 heterocycles. The molecule has 0 unspecified atom stereocenters. The van der Waals surface area contributed by atoms with Crippen LogP contribution in [0.1, 0.15) is 35.7 Å². The lowest BCUT2D eigenvalue weighted by Crippen LogP contribution is -2.00. The lowest BCUT2D eigenvalue weighted by atomic mass is 10.1. The maximum Gasteiger partial charge on any atom is 0.350 e. The monoisotopic (exact) mass is 386 g/mol. The van der Waals surface area contributed by atoms with Crippen molar-refractivity contribution in [3.05, 3.63) is 65.7 Å². The summed E-state index contributed by atoms with van der Waals surface area (Å²) in [7, 11) is 0. The highest BCUT2D eigenvalue weighted by Crippen LogP contribution is 2.20. The fourth-order valence-electron chi connectivity index (χ4n) is 1.80. The van der Waals surface area contributed by atoms with Crippen LogP contribution in [0.3, 0.4) is 0 Å². The van der Waals surface area contributed by atoms with E-state index in [2.05, 4.69) is 6.92 Å². The van der Waals surface area contributed by atoms with Gasteiger partial charge >= 0.3 is 5.97 Å². The summed E-state index contributed by atoms with van der Waals surface area (Å²) in [5.41, 5.74) is 1.85. The largest absolute Gasteiger partial charge is 0.382 e. The summed E-state index contributed by atoms with van der Waals surface area (Å²) < 4.78 is 5.21. The number of rotatable bonds is 6. The third-order valence-corrected chi connectivity index (χ3v) is 3.66. The Kier molecular flexibility index (Phi) is 20.6. The predicted octanol–water partition coefficient (Wildman–Crippen LogP) is 5.66. The molecular formula is C17H23F5O2S. The summed E-state index contributed by atoms with van der Waals surface area (Å²) in [4.78, 5) is 12.8. The second-order valence-electron chi connectivity index (χ2n) is 4.57. The molecule has 144 valence electrons. The standard InChI is InChI=1S/C17H18O2S.5FH/c1-2-3-7-14-10-12-15(13-11-14)17(18)19-20-16-8-5-4-6-9-16;;;;;/h4-6,8-13H,2-3,7H2,1H3;5*1H. The summed E-state index contributed by atoms with van der Waals surface area (Å²) in [6, 6.07) is 17.2. The molecule has 0 aliphatic rings. The van der Waals surface area contributed by atoms with E-state index in [1.165, 1.54) is 18.4 Å². The SMILES string of the molecule is CCCCc1ccc(C(=O)OSc2ccccc2)cc1.F.F.F.F.F. The fraction of sp³-hybridized carbons (Fsp3) is 0.235. The first-order valence-corrected chi connectivity index (χ1v) is 7.56. The van der Waals surface area contributed by atoms with Gasteiger partial charge in [0.1, 0.15) is 0 Å². The van der Waals surface area contributed by atoms with E-state index in [0.29, 0.717) is 5.56 Å². The third kappa shape index (κ3) is 10.4. The van der Waals surface area contributed by atoms with Crippen molar-refractivity contribution < 1.29 is 32.5 Å². The highest BCUT2D eigenvalue weighted by Gasteiger charge is 2.08. The first kappa shape index (κ1) is 30.8. The van der Waals surface area contributed by atoms with Gasteiger partial charge in [0.15, 0.2) is 0 Å². The average Bonchev–Trinajstić information content (AvgIpc) is 2.52. The van der Waals surface area contributed by atoms with Gasteiger partial charge in [0.05, 0.1) is 17.6 Å². The van der Waals surface area contributed by atoms with Crippen LogP contribution in [0, 0.1) is 0 Å². The number of hydrogen-bond acceptors (Lipinski definition) is 3. The average molecular weight is 386 g/mol. The van der Waals surface area contributed by atoms with E-state index in [9.17, 15) is 4.79 Å². The molecular weight excluding hydrogens is 363 g/mol. The van der Waals surface area contributed by atoms with E-state index in [4.69, 9.17) is 4.18 Å². The molecule has 0 amide bonds. The van der Waals surface area contributed by atoms with Gasteiger partial charge < -0.3 is 4.18 Å². The van der Waals surface area contributed by atoms with Crippen molar-refractivity contribution in [3.8, 4) is 0 Å². The molecule has 0 saturated carbocycles. The highest BCUT2D eigenvalue weighted by atomic mass is 32.2. The first-order chi connectivity index (χ1) is 9.79. The van der Waals surface area contributed by atoms with E-state index in [0.717, 1.165) is 23.4 Å². The van der Waals surface area contributed by atoms with Crippen LogP contribution in [0.15, 0.2) is 59.5 Å². The Hall–Kier alpha value is -2.09. The van der Waals surface area contributed by atoms with Gasteiger partial charge in [-0.2, -0.15) is 0 Å². The van der Waals surface area contributed by atoms with Crippen molar-refractivity contribution in [1.29, 1.82) is 0 Å². The molecule has 0 aromatic heterocycles. The molecule has 0 radical (unpaired) electrons. The summed E-state index contributed by atoms with van der Waals surface area (Å²) >= 11 is 1.09. The number of benzene rings is 2. The molecule has 0 bridgehead atoms. The zero-order valence-electron chi connectivity index (χ0n) is 13.6. The van der Waals surface area contributed by atoms with E-state index in [-0.39, 0.29) is 29.5 Å². The number of halogens is 5. The number of aryl methyl sites for hydroxylation is 1. The highest BCUT2D eigenvalue weighted by molar-refractivity contribution is 7.95. The van der Waals surface area contributed by atoms with Crippen LogP contribution >= 0.6 is 12.0 Å². The number of carbonyl (C=O) groups is 1. The molecule has 2 rings (SSSR count). The van der Waals surface area contributed by atoms with Gasteiger partial charge in [-0.1, -0.05) is 43.7 Å². The van der Waals surface area contributed by atoms with E-state index < -0.39 is 0 Å². The van der Waals surface area contributed by atoms with Crippen molar-refractivity contribution in [3.63, 3.8) is 0 Å². The predicted molar refractivity (Wildman–Crippen MR) is 95.3 cm³/mol. The van der Waals surface area contributed by atoms with E-state index in [1.54, 1.807) is 0 Å². The first-order valence-electron chi connectivity index (χ1n) is 6.82. The van der Waals surface area contributed by atoms with Crippen LogP contribution in [0.2, 0.25) is 0 Å². The van der Waals surface area contributed by atoms with Crippen LogP contribution in [0.25, 0.3) is 0 Å². The smallest absolute Gasteiger partial charge is 0.350 e. The topological polar surface area (TPSA) is 26.3 Å². The fourth-order valence-corrected chi connectivity index (χ4v) is 2.33.